The highest BCUT2D eigenvalue weighted by Gasteiger charge is 2.16. The highest BCUT2D eigenvalue weighted by Crippen LogP contribution is 2.14. The monoisotopic (exact) mass is 264 g/mol. The van der Waals surface area contributed by atoms with Crippen molar-refractivity contribution in [2.45, 2.75) is 0 Å². The molecule has 2 rings (SSSR count). The summed E-state index contributed by atoms with van der Waals surface area (Å²) >= 11 is 0. The van der Waals surface area contributed by atoms with E-state index in [9.17, 15) is 14.9 Å². The van der Waals surface area contributed by atoms with E-state index in [-0.39, 0.29) is 18.3 Å². The van der Waals surface area contributed by atoms with Gasteiger partial charge in [-0.3, -0.25) is 4.79 Å². The van der Waals surface area contributed by atoms with E-state index in [1.807, 2.05) is 0 Å². The average Bonchev–Trinajstić information content (AvgIpc) is 2.78. The third-order valence-electron chi connectivity index (χ3n) is 2.45. The first-order chi connectivity index (χ1) is 8.99. The fourth-order valence-corrected chi connectivity index (χ4v) is 1.40. The van der Waals surface area contributed by atoms with Gasteiger partial charge in [-0.05, 0) is 11.0 Å². The van der Waals surface area contributed by atoms with Crippen molar-refractivity contribution in [3.63, 3.8) is 0 Å². The topological polar surface area (TPSA) is 106 Å². The molecule has 0 saturated carbocycles. The molecule has 0 aliphatic rings. The van der Waals surface area contributed by atoms with Gasteiger partial charge in [-0.1, -0.05) is 9.61 Å². The Morgan fingerprint density at radius 3 is 2.89 bits per heavy atom. The van der Waals surface area contributed by atoms with Crippen LogP contribution in [0.4, 0.5) is 11.6 Å². The number of likely N-dealkylation sites (N-methyl/N-ethyl adjacent to an activating group) is 1. The van der Waals surface area contributed by atoms with Crippen molar-refractivity contribution in [2.75, 3.05) is 26.0 Å². The predicted octanol–water partition coefficient (Wildman–Crippen LogP) is 0.138. The minimum atomic E-state index is -0.568. The molecular formula is C10H12N6O3. The van der Waals surface area contributed by atoms with Gasteiger partial charge in [0.05, 0.1) is 6.54 Å². The summed E-state index contributed by atoms with van der Waals surface area (Å²) in [7, 11) is 3.28. The average molecular weight is 264 g/mol. The van der Waals surface area contributed by atoms with E-state index in [0.717, 1.165) is 10.7 Å². The summed E-state index contributed by atoms with van der Waals surface area (Å²) in [6.45, 7) is 0.0635. The van der Waals surface area contributed by atoms with E-state index in [4.69, 9.17) is 0 Å². The van der Waals surface area contributed by atoms with E-state index in [2.05, 4.69) is 15.4 Å². The van der Waals surface area contributed by atoms with Crippen LogP contribution in [0.15, 0.2) is 18.3 Å². The number of hydrogen-bond donors (Lipinski definition) is 1. The number of rotatable bonds is 4. The van der Waals surface area contributed by atoms with Crippen molar-refractivity contribution >= 4 is 23.2 Å². The van der Waals surface area contributed by atoms with Gasteiger partial charge in [0, 0.05) is 20.2 Å². The van der Waals surface area contributed by atoms with Crippen LogP contribution in [0.3, 0.4) is 0 Å². The quantitative estimate of drug-likeness (QED) is 0.621. The standard InChI is InChI=1S/C10H12N6O3/c1-14(2)10(17)6-11-7-3-4-8-12-5-9(16(18)19)15(8)13-7/h3-5H,6H2,1-2H3,(H,11,13). The molecule has 19 heavy (non-hydrogen) atoms. The Kier molecular flexibility index (Phi) is 3.27. The molecule has 0 saturated heterocycles. The predicted molar refractivity (Wildman–Crippen MR) is 66.8 cm³/mol. The number of carbonyl (C=O) groups excluding carboxylic acids is 1. The molecule has 2 heterocycles. The van der Waals surface area contributed by atoms with Gasteiger partial charge in [0.15, 0.2) is 5.82 Å². The first-order valence-electron chi connectivity index (χ1n) is 5.42. The van der Waals surface area contributed by atoms with Crippen LogP contribution >= 0.6 is 0 Å². The Morgan fingerprint density at radius 2 is 2.26 bits per heavy atom. The van der Waals surface area contributed by atoms with Crippen molar-refractivity contribution in [3.8, 4) is 0 Å². The van der Waals surface area contributed by atoms with Crippen LogP contribution in [0.5, 0.6) is 0 Å². The lowest BCUT2D eigenvalue weighted by atomic mass is 10.5. The molecule has 2 aromatic rings. The highest BCUT2D eigenvalue weighted by atomic mass is 16.6. The number of aromatic nitrogens is 3. The number of nitro groups is 1. The first-order valence-corrected chi connectivity index (χ1v) is 5.42. The number of carbonyl (C=O) groups is 1. The van der Waals surface area contributed by atoms with Gasteiger partial charge < -0.3 is 20.3 Å². The molecule has 9 heteroatoms. The summed E-state index contributed by atoms with van der Waals surface area (Å²) in [6.07, 6.45) is 1.14. The molecule has 0 unspecified atom stereocenters. The minimum absolute atomic E-state index is 0.0635. The van der Waals surface area contributed by atoms with Gasteiger partial charge in [-0.2, -0.15) is 0 Å². The molecule has 0 aromatic carbocycles. The number of anilines is 1. The SMILES string of the molecule is CN(C)C(=O)CNc1ccc2ncc([N+](=O)[O-])n2n1. The van der Waals surface area contributed by atoms with Gasteiger partial charge >= 0.3 is 5.82 Å². The van der Waals surface area contributed by atoms with E-state index in [1.54, 1.807) is 26.2 Å². The van der Waals surface area contributed by atoms with Crippen LogP contribution in [0.25, 0.3) is 5.65 Å². The lowest BCUT2D eigenvalue weighted by Crippen LogP contribution is -2.28. The summed E-state index contributed by atoms with van der Waals surface area (Å²) in [6, 6.07) is 3.19. The molecule has 0 spiro atoms. The van der Waals surface area contributed by atoms with Gasteiger partial charge in [0.25, 0.3) is 0 Å². The molecule has 9 nitrogen and oxygen atoms in total. The Balaban J connectivity index is 2.23. The summed E-state index contributed by atoms with van der Waals surface area (Å²) in [5, 5.41) is 17.6. The third kappa shape index (κ3) is 2.59. The number of hydrogen-bond acceptors (Lipinski definition) is 6. The Labute approximate surface area is 108 Å². The van der Waals surface area contributed by atoms with E-state index in [0.29, 0.717) is 11.5 Å². The fraction of sp³-hybridized carbons (Fsp3) is 0.300. The Morgan fingerprint density at radius 1 is 1.53 bits per heavy atom. The Hall–Kier alpha value is -2.71. The molecule has 0 radical (unpaired) electrons. The van der Waals surface area contributed by atoms with Crippen molar-refractivity contribution in [1.82, 2.24) is 19.5 Å². The normalized spacial score (nSPS) is 10.4. The number of nitrogens with one attached hydrogen (secondary N) is 1. The summed E-state index contributed by atoms with van der Waals surface area (Å²) in [4.78, 5) is 26.9. The molecule has 0 aliphatic carbocycles. The molecular weight excluding hydrogens is 252 g/mol. The van der Waals surface area contributed by atoms with E-state index >= 15 is 0 Å². The summed E-state index contributed by atoms with van der Waals surface area (Å²) in [5.74, 6) is 0.0170. The van der Waals surface area contributed by atoms with Crippen molar-refractivity contribution in [3.05, 3.63) is 28.4 Å². The molecule has 0 aliphatic heterocycles. The highest BCUT2D eigenvalue weighted by molar-refractivity contribution is 5.80. The van der Waals surface area contributed by atoms with Crippen molar-refractivity contribution < 1.29 is 9.72 Å². The second-order valence-electron chi connectivity index (χ2n) is 4.00. The largest absolute Gasteiger partial charge is 0.368 e. The maximum Gasteiger partial charge on any atom is 0.368 e. The fourth-order valence-electron chi connectivity index (χ4n) is 1.40. The summed E-state index contributed by atoms with van der Waals surface area (Å²) < 4.78 is 1.11. The van der Waals surface area contributed by atoms with Gasteiger partial charge in [-0.25, -0.2) is 4.98 Å². The molecule has 0 bridgehead atoms. The molecule has 0 fully saturated rings. The van der Waals surface area contributed by atoms with Crippen LogP contribution in [-0.4, -0.2) is 51.0 Å². The lowest BCUT2D eigenvalue weighted by molar-refractivity contribution is -0.391. The molecule has 0 atom stereocenters. The first kappa shape index (κ1) is 12.7. The smallest absolute Gasteiger partial charge is 0.358 e. The summed E-state index contributed by atoms with van der Waals surface area (Å²) in [5.41, 5.74) is 0.371. The molecule has 1 amide bonds. The number of nitrogens with zero attached hydrogens (tertiary/aromatic N) is 5. The van der Waals surface area contributed by atoms with Gasteiger partial charge in [0.2, 0.25) is 11.6 Å². The zero-order chi connectivity index (χ0) is 14.0. The zero-order valence-electron chi connectivity index (χ0n) is 10.4. The number of imidazole rings is 1. The zero-order valence-corrected chi connectivity index (χ0v) is 10.4. The van der Waals surface area contributed by atoms with Crippen LogP contribution in [0.1, 0.15) is 0 Å². The van der Waals surface area contributed by atoms with E-state index in [1.165, 1.54) is 4.90 Å². The number of fused-ring (bicyclic) bond motifs is 1. The van der Waals surface area contributed by atoms with Crippen LogP contribution in [0, 0.1) is 10.1 Å². The van der Waals surface area contributed by atoms with Gasteiger partial charge in [0.1, 0.15) is 6.20 Å². The number of amides is 1. The van der Waals surface area contributed by atoms with E-state index < -0.39 is 4.92 Å². The molecule has 2 aromatic heterocycles. The van der Waals surface area contributed by atoms with Crippen molar-refractivity contribution in [2.24, 2.45) is 0 Å². The second-order valence-corrected chi connectivity index (χ2v) is 4.00. The third-order valence-corrected chi connectivity index (χ3v) is 2.45. The second kappa shape index (κ2) is 4.88. The maximum absolute atomic E-state index is 11.4. The van der Waals surface area contributed by atoms with Crippen LogP contribution < -0.4 is 5.32 Å². The molecule has 1 N–H and O–H groups in total. The van der Waals surface area contributed by atoms with Gasteiger partial charge in [-0.15, -0.1) is 0 Å². The molecule has 100 valence electrons. The minimum Gasteiger partial charge on any atom is -0.358 e. The van der Waals surface area contributed by atoms with Crippen molar-refractivity contribution in [1.29, 1.82) is 0 Å². The maximum atomic E-state index is 11.4. The van der Waals surface area contributed by atoms with Crippen LogP contribution in [-0.2, 0) is 4.79 Å². The van der Waals surface area contributed by atoms with Crippen LogP contribution in [0.2, 0.25) is 0 Å². The lowest BCUT2D eigenvalue weighted by Gasteiger charge is -2.10. The Bertz CT molecular complexity index is 635.